The number of rotatable bonds is 1. The van der Waals surface area contributed by atoms with Crippen LogP contribution in [-0.2, 0) is 0 Å². The number of nitrogens with zero attached hydrogens (tertiary/aromatic N) is 1. The summed E-state index contributed by atoms with van der Waals surface area (Å²) in [6, 6.07) is 5.17. The second-order valence-corrected chi connectivity index (χ2v) is 5.18. The number of benzene rings is 1. The lowest BCUT2D eigenvalue weighted by atomic mass is 10.1. The Morgan fingerprint density at radius 1 is 1.29 bits per heavy atom. The van der Waals surface area contributed by atoms with E-state index in [0.717, 1.165) is 5.69 Å². The average Bonchev–Trinajstić information content (AvgIpc) is 2.07. The number of hydrogen-bond acceptors (Lipinski definition) is 1. The molecule has 0 aliphatic carbocycles. The summed E-state index contributed by atoms with van der Waals surface area (Å²) in [5.41, 5.74) is 0.887. The monoisotopic (exact) mass is 259 g/mol. The Morgan fingerprint density at radius 2 is 1.86 bits per heavy atom. The Kier molecular flexibility index (Phi) is 3.20. The molecule has 0 aromatic heterocycles. The predicted octanol–water partition coefficient (Wildman–Crippen LogP) is 3.82. The van der Waals surface area contributed by atoms with Gasteiger partial charge in [0.2, 0.25) is 0 Å². The first-order chi connectivity index (χ1) is 6.32. The van der Waals surface area contributed by atoms with Crippen molar-refractivity contribution in [2.45, 2.75) is 26.3 Å². The van der Waals surface area contributed by atoms with Crippen molar-refractivity contribution in [3.8, 4) is 0 Å². The zero-order chi connectivity index (χ0) is 10.9. The van der Waals surface area contributed by atoms with E-state index in [1.54, 1.807) is 6.07 Å². The molecule has 0 atom stereocenters. The lowest BCUT2D eigenvalue weighted by Gasteiger charge is -2.34. The Balaban J connectivity index is 3.03. The van der Waals surface area contributed by atoms with Crippen molar-refractivity contribution in [1.82, 2.24) is 0 Å². The van der Waals surface area contributed by atoms with E-state index in [-0.39, 0.29) is 11.4 Å². The molecule has 0 aliphatic rings. The van der Waals surface area contributed by atoms with E-state index >= 15 is 0 Å². The summed E-state index contributed by atoms with van der Waals surface area (Å²) in [6.45, 7) is 6.27. The molecule has 0 saturated heterocycles. The maximum Gasteiger partial charge on any atom is 0.139 e. The van der Waals surface area contributed by atoms with Crippen LogP contribution in [0.5, 0.6) is 0 Å². The van der Waals surface area contributed by atoms with Crippen molar-refractivity contribution in [1.29, 1.82) is 0 Å². The first-order valence-electron chi connectivity index (χ1n) is 4.51. The van der Waals surface area contributed by atoms with Crippen LogP contribution in [-0.4, -0.2) is 12.6 Å². The topological polar surface area (TPSA) is 3.24 Å². The molecular formula is C11H15BrFN. The van der Waals surface area contributed by atoms with E-state index in [4.69, 9.17) is 0 Å². The van der Waals surface area contributed by atoms with Crippen molar-refractivity contribution >= 4 is 21.6 Å². The summed E-state index contributed by atoms with van der Waals surface area (Å²) in [4.78, 5) is 2.04. The molecule has 78 valence electrons. The molecule has 0 spiro atoms. The van der Waals surface area contributed by atoms with Crippen molar-refractivity contribution in [2.75, 3.05) is 11.9 Å². The van der Waals surface area contributed by atoms with Gasteiger partial charge in [-0.25, -0.2) is 4.39 Å². The van der Waals surface area contributed by atoms with Gasteiger partial charge in [0.1, 0.15) is 5.82 Å². The van der Waals surface area contributed by atoms with Crippen LogP contribution in [0.1, 0.15) is 20.8 Å². The fourth-order valence-electron chi connectivity index (χ4n) is 1.08. The molecule has 1 aromatic rings. The summed E-state index contributed by atoms with van der Waals surface area (Å²) in [5, 5.41) is 0. The maximum absolute atomic E-state index is 13.3. The average molecular weight is 260 g/mol. The van der Waals surface area contributed by atoms with Gasteiger partial charge < -0.3 is 4.90 Å². The van der Waals surface area contributed by atoms with Gasteiger partial charge in [-0.15, -0.1) is 0 Å². The molecule has 1 nitrogen and oxygen atoms in total. The van der Waals surface area contributed by atoms with Crippen LogP contribution in [0.3, 0.4) is 0 Å². The van der Waals surface area contributed by atoms with Gasteiger partial charge in [0.15, 0.2) is 0 Å². The van der Waals surface area contributed by atoms with Gasteiger partial charge in [0, 0.05) is 18.3 Å². The Labute approximate surface area is 93.0 Å². The minimum absolute atomic E-state index is 0.000267. The fraction of sp³-hybridized carbons (Fsp3) is 0.455. The molecule has 14 heavy (non-hydrogen) atoms. The minimum Gasteiger partial charge on any atom is -0.370 e. The van der Waals surface area contributed by atoms with Crippen molar-refractivity contribution in [3.63, 3.8) is 0 Å². The highest BCUT2D eigenvalue weighted by Gasteiger charge is 2.17. The fourth-order valence-corrected chi connectivity index (χ4v) is 1.33. The first-order valence-corrected chi connectivity index (χ1v) is 5.30. The van der Waals surface area contributed by atoms with Crippen LogP contribution in [0, 0.1) is 5.82 Å². The van der Waals surface area contributed by atoms with Crippen LogP contribution in [0.25, 0.3) is 0 Å². The summed E-state index contributed by atoms with van der Waals surface area (Å²) < 4.78 is 13.8. The van der Waals surface area contributed by atoms with E-state index in [1.807, 2.05) is 18.0 Å². The van der Waals surface area contributed by atoms with Crippen LogP contribution in [0.4, 0.5) is 10.1 Å². The van der Waals surface area contributed by atoms with E-state index in [2.05, 4.69) is 36.7 Å². The predicted molar refractivity (Wildman–Crippen MR) is 62.3 cm³/mol. The smallest absolute Gasteiger partial charge is 0.139 e. The Bertz CT molecular complexity index is 331. The molecule has 0 aliphatic heterocycles. The zero-order valence-electron chi connectivity index (χ0n) is 8.94. The zero-order valence-corrected chi connectivity index (χ0v) is 10.5. The SMILES string of the molecule is CN(c1ccc(Br)c(F)c1)C(C)(C)C. The molecule has 0 heterocycles. The summed E-state index contributed by atoms with van der Waals surface area (Å²) in [6.07, 6.45) is 0. The van der Waals surface area contributed by atoms with Gasteiger partial charge >= 0.3 is 0 Å². The van der Waals surface area contributed by atoms with E-state index < -0.39 is 0 Å². The molecule has 0 bridgehead atoms. The van der Waals surface area contributed by atoms with E-state index in [1.165, 1.54) is 6.07 Å². The number of halogens is 2. The molecule has 0 unspecified atom stereocenters. The molecule has 0 amide bonds. The summed E-state index contributed by atoms with van der Waals surface area (Å²) in [5.74, 6) is -0.224. The first kappa shape index (κ1) is 11.5. The lowest BCUT2D eigenvalue weighted by Crippen LogP contribution is -2.38. The maximum atomic E-state index is 13.3. The standard InChI is InChI=1S/C11H15BrFN/c1-11(2,3)14(4)8-5-6-9(12)10(13)7-8/h5-7H,1-4H3. The molecule has 0 radical (unpaired) electrons. The van der Waals surface area contributed by atoms with Crippen LogP contribution in [0.2, 0.25) is 0 Å². The van der Waals surface area contributed by atoms with E-state index in [0.29, 0.717) is 4.47 Å². The van der Waals surface area contributed by atoms with Crippen molar-refractivity contribution in [2.24, 2.45) is 0 Å². The molecule has 1 aromatic carbocycles. The summed E-state index contributed by atoms with van der Waals surface area (Å²) >= 11 is 3.14. The van der Waals surface area contributed by atoms with Gasteiger partial charge in [0.25, 0.3) is 0 Å². The molecule has 3 heteroatoms. The number of anilines is 1. The third-order valence-electron chi connectivity index (χ3n) is 2.30. The normalized spacial score (nSPS) is 11.6. The minimum atomic E-state index is -0.224. The Hall–Kier alpha value is -0.570. The molecule has 0 N–H and O–H groups in total. The second-order valence-electron chi connectivity index (χ2n) is 4.33. The third kappa shape index (κ3) is 2.47. The molecule has 0 fully saturated rings. The summed E-state index contributed by atoms with van der Waals surface area (Å²) in [7, 11) is 1.96. The molecule has 1 rings (SSSR count). The van der Waals surface area contributed by atoms with Crippen molar-refractivity contribution in [3.05, 3.63) is 28.5 Å². The quantitative estimate of drug-likeness (QED) is 0.741. The van der Waals surface area contributed by atoms with Gasteiger partial charge in [-0.1, -0.05) is 0 Å². The van der Waals surface area contributed by atoms with Crippen molar-refractivity contribution < 1.29 is 4.39 Å². The number of hydrogen-bond donors (Lipinski definition) is 0. The van der Waals surface area contributed by atoms with Gasteiger partial charge in [-0.2, -0.15) is 0 Å². The second kappa shape index (κ2) is 3.89. The van der Waals surface area contributed by atoms with Crippen LogP contribution < -0.4 is 4.90 Å². The van der Waals surface area contributed by atoms with Crippen LogP contribution in [0.15, 0.2) is 22.7 Å². The van der Waals surface area contributed by atoms with Gasteiger partial charge in [-0.05, 0) is 54.9 Å². The lowest BCUT2D eigenvalue weighted by molar-refractivity contribution is 0.536. The highest BCUT2D eigenvalue weighted by Crippen LogP contribution is 2.25. The van der Waals surface area contributed by atoms with Gasteiger partial charge in [0.05, 0.1) is 4.47 Å². The van der Waals surface area contributed by atoms with Crippen LogP contribution >= 0.6 is 15.9 Å². The largest absolute Gasteiger partial charge is 0.370 e. The van der Waals surface area contributed by atoms with E-state index in [9.17, 15) is 4.39 Å². The highest BCUT2D eigenvalue weighted by atomic mass is 79.9. The Morgan fingerprint density at radius 3 is 2.29 bits per heavy atom. The highest BCUT2D eigenvalue weighted by molar-refractivity contribution is 9.10. The third-order valence-corrected chi connectivity index (χ3v) is 2.94. The van der Waals surface area contributed by atoms with Gasteiger partial charge in [-0.3, -0.25) is 0 Å². The molecular weight excluding hydrogens is 245 g/mol. The molecule has 0 saturated carbocycles.